The van der Waals surface area contributed by atoms with Crippen LogP contribution < -0.4 is 0 Å². The average Bonchev–Trinajstić information content (AvgIpc) is 1.76. The Hall–Kier alpha value is -9.07. The third kappa shape index (κ3) is 64.3. The fourth-order valence-corrected chi connectivity index (χ4v) is 10.9. The largest absolute Gasteiger partial charge is 0.508 e. The Bertz CT molecular complexity index is 3220. The molecule has 9 unspecified atom stereocenters. The number of terminal acetylenes is 1. The predicted octanol–water partition coefficient (Wildman–Crippen LogP) is 13.5. The zero-order valence-electron chi connectivity index (χ0n) is 75.0. The third-order valence-corrected chi connectivity index (χ3v) is 19.0. The fraction of sp³-hybridized carbons (Fsp3) is 0.688. The van der Waals surface area contributed by atoms with E-state index < -0.39 is 47.0 Å². The topological polar surface area (TPSA) is 414 Å². The summed E-state index contributed by atoms with van der Waals surface area (Å²) in [6, 6.07) is 0. The van der Waals surface area contributed by atoms with Crippen molar-refractivity contribution in [2.24, 2.45) is 28.6 Å². The Morgan fingerprint density at radius 2 is 0.952 bits per heavy atom. The molecule has 13 aliphatic rings. The first kappa shape index (κ1) is 114. The first-order chi connectivity index (χ1) is 60.0. The summed E-state index contributed by atoms with van der Waals surface area (Å²) >= 11 is 0. The SMILES string of the molecule is C#CCC1CCCCC1=O.C=C1CCC(=O)CCO1.C=CC1CCCCC1=O.C=CCC1CCCCC1=O.C=CCCC(=O)OCC1CO1.C=CCCC(=O)OCCC1CO1.C=CCOC(=O)C1(C)COC(=O)OC1.C=CCOCC1CO1.CC1CO1.CCOC(=O)C1(C)COC(=O)OC1.CCOC(C)OCC1CO1.O=C1CCCCC1.O=C1COC(=O)CO1. The van der Waals surface area contributed by atoms with E-state index in [0.717, 1.165) is 142 Å². The van der Waals surface area contributed by atoms with Crippen LogP contribution >= 0.6 is 0 Å². The second-order valence-corrected chi connectivity index (χ2v) is 30.8. The Morgan fingerprint density at radius 1 is 0.488 bits per heavy atom. The first-order valence-corrected chi connectivity index (χ1v) is 43.4. The quantitative estimate of drug-likeness (QED) is 0.0128. The lowest BCUT2D eigenvalue weighted by Crippen LogP contribution is -2.44. The lowest BCUT2D eigenvalue weighted by Gasteiger charge is -2.29. The summed E-state index contributed by atoms with van der Waals surface area (Å²) < 4.78 is 91.3. The molecule has 4 aliphatic carbocycles. The number of Topliss-reactive ketones (excluding diaryl/α,β-unsaturated/α-hetero) is 5. The number of ketones is 5. The molecule has 0 amide bonds. The van der Waals surface area contributed by atoms with Crippen LogP contribution in [0.15, 0.2) is 88.3 Å². The number of hydrogen-bond donors (Lipinski definition) is 0. The van der Waals surface area contributed by atoms with Gasteiger partial charge < -0.3 is 90.0 Å². The molecule has 9 atom stereocenters. The molecule has 9 saturated heterocycles. The summed E-state index contributed by atoms with van der Waals surface area (Å²) in [4.78, 5) is 140. The van der Waals surface area contributed by atoms with E-state index in [2.05, 4.69) is 87.3 Å². The molecule has 0 spiro atoms. The van der Waals surface area contributed by atoms with Crippen LogP contribution in [0.4, 0.5) is 9.59 Å². The number of epoxide rings is 5. The van der Waals surface area contributed by atoms with Crippen molar-refractivity contribution >= 4 is 77.0 Å². The van der Waals surface area contributed by atoms with E-state index in [1.54, 1.807) is 45.1 Å². The second-order valence-electron chi connectivity index (χ2n) is 30.8. The van der Waals surface area contributed by atoms with Crippen LogP contribution in [-0.4, -0.2) is 246 Å². The van der Waals surface area contributed by atoms with Crippen molar-refractivity contribution in [1.82, 2.24) is 0 Å². The highest BCUT2D eigenvalue weighted by molar-refractivity contribution is 5.84. The predicted molar refractivity (Wildman–Crippen MR) is 460 cm³/mol. The summed E-state index contributed by atoms with van der Waals surface area (Å²) in [5.74, 6) is 3.82. The van der Waals surface area contributed by atoms with Crippen LogP contribution in [0.5, 0.6) is 0 Å². The van der Waals surface area contributed by atoms with Gasteiger partial charge in [0, 0.05) is 101 Å². The minimum Gasteiger partial charge on any atom is -0.498 e. The molecular weight excluding hydrogens is 1630 g/mol. The minimum absolute atomic E-state index is 0.0121. The maximum absolute atomic E-state index is 11.4. The van der Waals surface area contributed by atoms with Crippen LogP contribution in [0, 0.1) is 40.9 Å². The van der Waals surface area contributed by atoms with Gasteiger partial charge in [0.05, 0.1) is 90.6 Å². The highest BCUT2D eigenvalue weighted by atomic mass is 16.7. The van der Waals surface area contributed by atoms with Crippen molar-refractivity contribution in [2.75, 3.05) is 132 Å². The van der Waals surface area contributed by atoms with Gasteiger partial charge in [0.2, 0.25) is 0 Å². The zero-order valence-corrected chi connectivity index (χ0v) is 75.0. The maximum atomic E-state index is 11.4. The number of carbonyl (C=O) groups is 13. The summed E-state index contributed by atoms with van der Waals surface area (Å²) in [6.45, 7) is 44.1. The van der Waals surface area contributed by atoms with Gasteiger partial charge >= 0.3 is 48.1 Å². The van der Waals surface area contributed by atoms with E-state index in [0.29, 0.717) is 151 Å². The van der Waals surface area contributed by atoms with Gasteiger partial charge in [-0.05, 0) is 112 Å². The van der Waals surface area contributed by atoms with E-state index in [1.165, 1.54) is 31.8 Å². The maximum Gasteiger partial charge on any atom is 0.508 e. The monoisotopic (exact) mass is 1770 g/mol. The molecule has 0 aromatic rings. The molecule has 0 bridgehead atoms. The van der Waals surface area contributed by atoms with Crippen molar-refractivity contribution in [2.45, 2.75) is 252 Å². The van der Waals surface area contributed by atoms with Gasteiger partial charge in [0.25, 0.3) is 0 Å². The van der Waals surface area contributed by atoms with Crippen LogP contribution in [0.1, 0.15) is 215 Å². The van der Waals surface area contributed by atoms with Gasteiger partial charge in [0.15, 0.2) is 19.5 Å². The van der Waals surface area contributed by atoms with E-state index in [4.69, 9.17) is 68.0 Å². The van der Waals surface area contributed by atoms with Crippen molar-refractivity contribution in [3.63, 3.8) is 0 Å². The third-order valence-electron chi connectivity index (χ3n) is 19.0. The fourth-order valence-electron chi connectivity index (χ4n) is 10.9. The standard InChI is InChI=1S/C9H12O5.C9H14O3.C9H14O.C9H12O.C8H12O5.C8H12O3.C8H12O.C7H14O3.C7H10O2.C6H10O2.C6H10O.C4H4O4.C3H6O/c1-3-4-12-7(10)9(2)5-13-8(11)14-6-9;1-2-3-4-9(10)11-6-5-8-7-12-8;2*1-2-5-8-6-3-4-7-9(8)10;1-3-11-6(9)8(2)4-12-7(10)13-5-8;1-2-3-4-8(9)11-6-7-5-10-7;1-2-7-5-3-4-6-8(7)9;1-3-8-6(2)9-4-7-5-10-7;1-6-2-3-7(8)4-5-9-6;1-2-3-7-4-6-5-8-6;7-6-4-2-1-3-5-6;5-3-1-7-4(6)2-8-3;1-3-2-4-3/h3H,1,4-6H2,2H3;2,8H,1,3-7H2;2,8H,1,3-7H2;1,8H,3-7H2;3-5H2,1-2H3;2,7H,1,3-6H2;2,7H,1,3-6H2;6-7H,3-5H2,1-2H3;1-5H2;2,6H,1,3-5H2;1-5H2;1-2H2;3H,2H2,1H3. The van der Waals surface area contributed by atoms with Gasteiger partial charge in [-0.15, -0.1) is 45.2 Å². The molecule has 125 heavy (non-hydrogen) atoms. The summed E-state index contributed by atoms with van der Waals surface area (Å²) in [5.41, 5.74) is -1.76. The van der Waals surface area contributed by atoms with E-state index in [-0.39, 0.29) is 88.2 Å². The highest BCUT2D eigenvalue weighted by Crippen LogP contribution is 2.28. The van der Waals surface area contributed by atoms with Crippen LogP contribution in [0.2, 0.25) is 0 Å². The Kier molecular flexibility index (Phi) is 64.7. The van der Waals surface area contributed by atoms with E-state index in [1.807, 2.05) is 19.9 Å². The van der Waals surface area contributed by atoms with Crippen LogP contribution in [0.3, 0.4) is 0 Å². The number of rotatable bonds is 29. The lowest BCUT2D eigenvalue weighted by atomic mass is 9.86. The molecule has 13 rings (SSSR count). The molecule has 4 saturated carbocycles. The smallest absolute Gasteiger partial charge is 0.498 e. The number of carbonyl (C=O) groups excluding carboxylic acids is 13. The average molecular weight is 1770 g/mol. The molecule has 706 valence electrons. The second kappa shape index (κ2) is 71.0. The first-order valence-electron chi connectivity index (χ1n) is 43.4. The molecule has 9 heterocycles. The van der Waals surface area contributed by atoms with Gasteiger partial charge in [-0.3, -0.25) is 43.2 Å². The summed E-state index contributed by atoms with van der Waals surface area (Å²) in [5, 5.41) is 0. The number of hydrogen-bond acceptors (Lipinski definition) is 32. The summed E-state index contributed by atoms with van der Waals surface area (Å²) in [7, 11) is 0. The normalized spacial score (nSPS) is 23.2. The molecule has 9 aliphatic heterocycles. The van der Waals surface area contributed by atoms with E-state index in [9.17, 15) is 62.3 Å². The van der Waals surface area contributed by atoms with Crippen LogP contribution in [0.25, 0.3) is 0 Å². The number of cyclic esters (lactones) is 6. The highest BCUT2D eigenvalue weighted by Gasteiger charge is 2.43. The number of ether oxygens (including phenoxy) is 19. The Labute approximate surface area is 739 Å². The number of allylic oxidation sites excluding steroid dienone is 5. The Morgan fingerprint density at radius 3 is 1.37 bits per heavy atom. The molecule has 32 nitrogen and oxygen atoms in total. The van der Waals surface area contributed by atoms with E-state index >= 15 is 0 Å². The van der Waals surface area contributed by atoms with Gasteiger partial charge in [-0.25, -0.2) is 19.2 Å². The van der Waals surface area contributed by atoms with Crippen molar-refractivity contribution in [3.8, 4) is 12.3 Å². The molecule has 32 heteroatoms. The Balaban J connectivity index is 0.000000681. The van der Waals surface area contributed by atoms with Gasteiger partial charge in [0.1, 0.15) is 97.7 Å². The molecule has 0 aromatic heterocycles. The van der Waals surface area contributed by atoms with Gasteiger partial charge in [-0.2, -0.15) is 0 Å². The molecule has 13 fully saturated rings. The van der Waals surface area contributed by atoms with Crippen molar-refractivity contribution in [1.29, 1.82) is 0 Å². The molecular formula is C93H142O32. The van der Waals surface area contributed by atoms with Crippen molar-refractivity contribution < 1.29 is 152 Å². The lowest BCUT2D eigenvalue weighted by molar-refractivity contribution is -0.174. The van der Waals surface area contributed by atoms with Gasteiger partial charge in [-0.1, -0.05) is 75.3 Å². The molecule has 0 radical (unpaired) electrons. The summed E-state index contributed by atoms with van der Waals surface area (Å²) in [6.07, 6.45) is 39.7. The van der Waals surface area contributed by atoms with Crippen molar-refractivity contribution in [3.05, 3.63) is 88.3 Å². The van der Waals surface area contributed by atoms with Crippen LogP contribution in [-0.2, 0) is 143 Å². The minimum atomic E-state index is -0.906. The zero-order chi connectivity index (χ0) is 92.9. The molecule has 0 N–H and O–H groups in total. The number of esters is 6. The molecule has 0 aromatic carbocycles.